The molecule has 0 aromatic heterocycles. The fourth-order valence-electron chi connectivity index (χ4n) is 4.16. The van der Waals surface area contributed by atoms with Gasteiger partial charge in [-0.1, -0.05) is 54.8 Å². The average Bonchev–Trinajstić information content (AvgIpc) is 2.95. The molecule has 0 aliphatic carbocycles. The van der Waals surface area contributed by atoms with E-state index in [1.54, 1.807) is 6.92 Å². The zero-order valence-electron chi connectivity index (χ0n) is 23.8. The van der Waals surface area contributed by atoms with E-state index in [4.69, 9.17) is 11.6 Å². The number of carbonyl (C=O) groups excluding carboxylic acids is 2. The summed E-state index contributed by atoms with van der Waals surface area (Å²) in [6.07, 6.45) is -3.42. The quantitative estimate of drug-likeness (QED) is 0.185. The van der Waals surface area contributed by atoms with Gasteiger partial charge in [0.15, 0.2) is 0 Å². The summed E-state index contributed by atoms with van der Waals surface area (Å²) in [5.74, 6) is -1.91. The van der Waals surface area contributed by atoms with Gasteiger partial charge in [0.2, 0.25) is 11.8 Å². The van der Waals surface area contributed by atoms with E-state index in [2.05, 4.69) is 5.32 Å². The van der Waals surface area contributed by atoms with E-state index >= 15 is 0 Å². The third kappa shape index (κ3) is 8.70. The van der Waals surface area contributed by atoms with Crippen LogP contribution in [0.1, 0.15) is 43.4 Å². The highest BCUT2D eigenvalue weighted by atomic mass is 35.5. The minimum Gasteiger partial charge on any atom is -0.354 e. The van der Waals surface area contributed by atoms with E-state index in [0.717, 1.165) is 29.0 Å². The zero-order chi connectivity index (χ0) is 31.9. The van der Waals surface area contributed by atoms with Crippen LogP contribution in [0.4, 0.5) is 23.2 Å². The summed E-state index contributed by atoms with van der Waals surface area (Å²) in [4.78, 5) is 27.7. The lowest BCUT2D eigenvalue weighted by molar-refractivity contribution is -0.139. The molecule has 7 nitrogen and oxygen atoms in total. The molecule has 0 fully saturated rings. The molecule has 0 aliphatic heterocycles. The third-order valence-corrected chi connectivity index (χ3v) is 8.81. The van der Waals surface area contributed by atoms with Gasteiger partial charge in [-0.3, -0.25) is 13.9 Å². The van der Waals surface area contributed by atoms with Crippen molar-refractivity contribution in [3.63, 3.8) is 0 Å². The van der Waals surface area contributed by atoms with Crippen molar-refractivity contribution in [2.24, 2.45) is 0 Å². The molecule has 1 N–H and O–H groups in total. The van der Waals surface area contributed by atoms with E-state index in [9.17, 15) is 35.6 Å². The van der Waals surface area contributed by atoms with Gasteiger partial charge in [0.25, 0.3) is 10.0 Å². The lowest BCUT2D eigenvalue weighted by Crippen LogP contribution is -2.51. The number of halogens is 5. The van der Waals surface area contributed by atoms with Crippen LogP contribution in [-0.4, -0.2) is 44.3 Å². The Morgan fingerprint density at radius 2 is 1.63 bits per heavy atom. The summed E-state index contributed by atoms with van der Waals surface area (Å²) in [6, 6.07) is 12.2. The van der Waals surface area contributed by atoms with Gasteiger partial charge >= 0.3 is 6.18 Å². The molecule has 0 saturated heterocycles. The first-order valence-electron chi connectivity index (χ1n) is 13.4. The fourth-order valence-corrected chi connectivity index (χ4v) is 5.79. The predicted octanol–water partition coefficient (Wildman–Crippen LogP) is 6.34. The second-order valence-corrected chi connectivity index (χ2v) is 12.2. The minimum absolute atomic E-state index is 0.200. The van der Waals surface area contributed by atoms with Crippen LogP contribution in [0.2, 0.25) is 5.02 Å². The van der Waals surface area contributed by atoms with Crippen LogP contribution in [0.25, 0.3) is 0 Å². The number of anilines is 1. The van der Waals surface area contributed by atoms with Crippen molar-refractivity contribution in [3.8, 4) is 0 Å². The number of nitrogens with zero attached hydrogens (tertiary/aromatic N) is 2. The van der Waals surface area contributed by atoms with Crippen molar-refractivity contribution >= 4 is 39.1 Å². The molecule has 3 rings (SSSR count). The Morgan fingerprint density at radius 1 is 1.00 bits per heavy atom. The smallest absolute Gasteiger partial charge is 0.354 e. The van der Waals surface area contributed by atoms with Crippen LogP contribution < -0.4 is 9.62 Å². The zero-order valence-corrected chi connectivity index (χ0v) is 25.4. The highest BCUT2D eigenvalue weighted by molar-refractivity contribution is 7.92. The van der Waals surface area contributed by atoms with E-state index in [0.29, 0.717) is 28.9 Å². The van der Waals surface area contributed by atoms with Crippen molar-refractivity contribution < 1.29 is 35.6 Å². The first-order chi connectivity index (χ1) is 20.1. The molecule has 3 aromatic carbocycles. The SMILES string of the molecule is CCCCNC(=O)C(C)N(Cc1ccc(F)cc1)C(=O)CN(c1ccc(Cl)c(C(F)(F)F)c1)S(=O)(=O)c1ccc(C)cc1. The largest absolute Gasteiger partial charge is 0.417 e. The molecule has 13 heteroatoms. The number of benzene rings is 3. The van der Waals surface area contributed by atoms with Crippen LogP contribution in [0.15, 0.2) is 71.6 Å². The molecule has 0 bridgehead atoms. The molecule has 2 amide bonds. The number of aryl methyl sites for hydroxylation is 1. The fraction of sp³-hybridized carbons (Fsp3) is 0.333. The number of alkyl halides is 3. The maximum absolute atomic E-state index is 13.9. The molecule has 3 aromatic rings. The lowest BCUT2D eigenvalue weighted by Gasteiger charge is -2.32. The van der Waals surface area contributed by atoms with Crippen molar-refractivity contribution in [2.45, 2.75) is 57.3 Å². The van der Waals surface area contributed by atoms with Crippen LogP contribution in [-0.2, 0) is 32.3 Å². The van der Waals surface area contributed by atoms with Gasteiger partial charge in [0.1, 0.15) is 18.4 Å². The Labute approximate surface area is 253 Å². The Hall–Kier alpha value is -3.64. The molecule has 232 valence electrons. The topological polar surface area (TPSA) is 86.8 Å². The van der Waals surface area contributed by atoms with Crippen LogP contribution in [0.5, 0.6) is 0 Å². The van der Waals surface area contributed by atoms with E-state index in [-0.39, 0.29) is 11.4 Å². The Kier molecular flexibility index (Phi) is 11.2. The number of sulfonamides is 1. The Morgan fingerprint density at radius 3 is 2.21 bits per heavy atom. The molecule has 0 saturated carbocycles. The molecular formula is C30H32ClF4N3O4S. The van der Waals surface area contributed by atoms with Gasteiger partial charge in [0.05, 0.1) is 21.2 Å². The first kappa shape index (κ1) is 33.9. The number of carbonyl (C=O) groups is 2. The van der Waals surface area contributed by atoms with Crippen molar-refractivity contribution in [1.29, 1.82) is 0 Å². The number of amides is 2. The standard InChI is InChI=1S/C30H32ClF4N3O4S/c1-4-5-16-36-29(40)21(3)37(18-22-8-10-23(32)11-9-22)28(39)19-38(43(41,42)25-13-6-20(2)7-14-25)24-12-15-27(31)26(17-24)30(33,34)35/h6-15,17,21H,4-5,16,18-19H2,1-3H3,(H,36,40). The van der Waals surface area contributed by atoms with E-state index in [1.807, 2.05) is 6.92 Å². The van der Waals surface area contributed by atoms with Crippen molar-refractivity contribution in [1.82, 2.24) is 10.2 Å². The normalized spacial score (nSPS) is 12.5. The van der Waals surface area contributed by atoms with Gasteiger partial charge in [0, 0.05) is 13.1 Å². The average molecular weight is 642 g/mol. The first-order valence-corrected chi connectivity index (χ1v) is 15.2. The van der Waals surface area contributed by atoms with Crippen LogP contribution >= 0.6 is 11.6 Å². The molecule has 0 spiro atoms. The molecule has 0 radical (unpaired) electrons. The maximum Gasteiger partial charge on any atom is 0.417 e. The number of rotatable bonds is 12. The van der Waals surface area contributed by atoms with Crippen molar-refractivity contribution in [3.05, 3.63) is 94.3 Å². The second kappa shape index (κ2) is 14.2. The monoisotopic (exact) mass is 641 g/mol. The molecule has 1 atom stereocenters. The highest BCUT2D eigenvalue weighted by Crippen LogP contribution is 2.38. The summed E-state index contributed by atoms with van der Waals surface area (Å²) in [5, 5.41) is 2.08. The summed E-state index contributed by atoms with van der Waals surface area (Å²) in [7, 11) is -4.59. The second-order valence-electron chi connectivity index (χ2n) is 9.96. The summed E-state index contributed by atoms with van der Waals surface area (Å²) in [6.45, 7) is 4.32. The molecular weight excluding hydrogens is 610 g/mol. The number of nitrogens with one attached hydrogen (secondary N) is 1. The molecule has 0 heterocycles. The number of hydrogen-bond acceptors (Lipinski definition) is 4. The molecule has 43 heavy (non-hydrogen) atoms. The molecule has 1 unspecified atom stereocenters. The van der Waals surface area contributed by atoms with Crippen LogP contribution in [0.3, 0.4) is 0 Å². The summed E-state index contributed by atoms with van der Waals surface area (Å²) in [5.41, 5.74) is -0.551. The maximum atomic E-state index is 13.9. The van der Waals surface area contributed by atoms with Gasteiger partial charge in [-0.05, 0) is 68.3 Å². The van der Waals surface area contributed by atoms with Crippen molar-refractivity contribution in [2.75, 3.05) is 17.4 Å². The number of unbranched alkanes of at least 4 members (excludes halogenated alkanes) is 1. The lowest BCUT2D eigenvalue weighted by atomic mass is 10.1. The summed E-state index contributed by atoms with van der Waals surface area (Å²) < 4.78 is 83.0. The Bertz CT molecular complexity index is 1530. The highest BCUT2D eigenvalue weighted by Gasteiger charge is 2.37. The van der Waals surface area contributed by atoms with Gasteiger partial charge in [-0.15, -0.1) is 0 Å². The van der Waals surface area contributed by atoms with Gasteiger partial charge in [-0.25, -0.2) is 12.8 Å². The van der Waals surface area contributed by atoms with Gasteiger partial charge in [-0.2, -0.15) is 13.2 Å². The minimum atomic E-state index is -4.91. The van der Waals surface area contributed by atoms with Crippen LogP contribution in [0, 0.1) is 12.7 Å². The predicted molar refractivity (Wildman–Crippen MR) is 156 cm³/mol. The Balaban J connectivity index is 2.09. The van der Waals surface area contributed by atoms with E-state index < -0.39 is 62.7 Å². The number of hydrogen-bond donors (Lipinski definition) is 1. The molecule has 0 aliphatic rings. The van der Waals surface area contributed by atoms with Gasteiger partial charge < -0.3 is 10.2 Å². The third-order valence-electron chi connectivity index (χ3n) is 6.69. The summed E-state index contributed by atoms with van der Waals surface area (Å²) >= 11 is 5.79. The van der Waals surface area contributed by atoms with E-state index in [1.165, 1.54) is 55.5 Å².